The Balaban J connectivity index is 1.41. The number of aromatic nitrogens is 2. The van der Waals surface area contributed by atoms with Crippen LogP contribution in [0.5, 0.6) is 0 Å². The molecule has 0 N–H and O–H groups in total. The summed E-state index contributed by atoms with van der Waals surface area (Å²) in [5.74, 6) is -0.266. The second-order valence-corrected chi connectivity index (χ2v) is 12.8. The number of ether oxygens (including phenoxy) is 1. The second kappa shape index (κ2) is 10.0. The average molecular weight is 572 g/mol. The van der Waals surface area contributed by atoms with E-state index in [1.807, 2.05) is 31.9 Å². The van der Waals surface area contributed by atoms with Crippen molar-refractivity contribution in [1.82, 2.24) is 14.5 Å². The predicted octanol–water partition coefficient (Wildman–Crippen LogP) is 6.09. The van der Waals surface area contributed by atoms with E-state index in [0.29, 0.717) is 65.3 Å². The van der Waals surface area contributed by atoms with Gasteiger partial charge >= 0.3 is 5.97 Å². The summed E-state index contributed by atoms with van der Waals surface area (Å²) in [4.78, 5) is 47.4. The lowest BCUT2D eigenvalue weighted by molar-refractivity contribution is -0.148. The second-order valence-electron chi connectivity index (χ2n) is 12.8. The summed E-state index contributed by atoms with van der Waals surface area (Å²) in [5, 5.41) is 0.924. The summed E-state index contributed by atoms with van der Waals surface area (Å²) in [7, 11) is 1.92. The minimum atomic E-state index is -0.500. The lowest BCUT2D eigenvalue weighted by Gasteiger charge is -2.37. The molecule has 4 aliphatic rings. The normalized spacial score (nSPS) is 21.0. The maximum atomic E-state index is 15.2. The quantitative estimate of drug-likeness (QED) is 0.251. The molecule has 3 atom stereocenters. The van der Waals surface area contributed by atoms with Crippen molar-refractivity contribution in [3.8, 4) is 11.4 Å². The number of benzene rings is 1. The van der Waals surface area contributed by atoms with E-state index < -0.39 is 5.92 Å². The number of cyclic esters (lactones) is 1. The van der Waals surface area contributed by atoms with E-state index >= 15 is 4.39 Å². The number of amides is 1. The molecule has 0 bridgehead atoms. The van der Waals surface area contributed by atoms with Crippen LogP contribution in [0.15, 0.2) is 16.9 Å². The standard InChI is InChI=1S/C34H38FN3O4/c1-5-7-19(12-18-8-9-18)32(39)37(4)27-11-10-21-17(3)25(35)14-26-29(21)30(27)23-15-38-28(31(23)36-26)13-22-20(6-2)34(41)42-16-24(22)33(38)40/h13-14,18-20,27H,5-12,15-16H2,1-4H3/t19-,20?,27?/m1/s1. The van der Waals surface area contributed by atoms with Crippen LogP contribution in [-0.2, 0) is 33.9 Å². The maximum Gasteiger partial charge on any atom is 0.313 e. The highest BCUT2D eigenvalue weighted by atomic mass is 19.1. The van der Waals surface area contributed by atoms with Gasteiger partial charge in [-0.3, -0.25) is 14.4 Å². The summed E-state index contributed by atoms with van der Waals surface area (Å²) in [6.45, 7) is 6.16. The Morgan fingerprint density at radius 2 is 1.95 bits per heavy atom. The van der Waals surface area contributed by atoms with Gasteiger partial charge in [0.25, 0.3) is 5.56 Å². The van der Waals surface area contributed by atoms with Crippen LogP contribution < -0.4 is 5.56 Å². The number of esters is 1. The van der Waals surface area contributed by atoms with Crippen LogP contribution >= 0.6 is 0 Å². The van der Waals surface area contributed by atoms with E-state index in [0.717, 1.165) is 41.3 Å². The highest BCUT2D eigenvalue weighted by Crippen LogP contribution is 2.47. The number of hydrogen-bond acceptors (Lipinski definition) is 5. The molecule has 2 aromatic heterocycles. The van der Waals surface area contributed by atoms with Crippen LogP contribution in [0.2, 0.25) is 0 Å². The summed E-state index contributed by atoms with van der Waals surface area (Å²) in [6.07, 6.45) is 7.09. The fraction of sp³-hybridized carbons (Fsp3) is 0.529. The van der Waals surface area contributed by atoms with Gasteiger partial charge in [-0.15, -0.1) is 0 Å². The number of pyridine rings is 2. The molecule has 4 heterocycles. The Morgan fingerprint density at radius 3 is 2.67 bits per heavy atom. The molecule has 2 aliphatic heterocycles. The van der Waals surface area contributed by atoms with Crippen LogP contribution in [0.25, 0.3) is 22.3 Å². The van der Waals surface area contributed by atoms with Gasteiger partial charge < -0.3 is 14.2 Å². The van der Waals surface area contributed by atoms with E-state index in [9.17, 15) is 14.4 Å². The van der Waals surface area contributed by atoms with Crippen molar-refractivity contribution in [3.05, 3.63) is 61.7 Å². The maximum absolute atomic E-state index is 15.2. The van der Waals surface area contributed by atoms with Gasteiger partial charge in [0.15, 0.2) is 0 Å². The van der Waals surface area contributed by atoms with Gasteiger partial charge in [-0.25, -0.2) is 9.37 Å². The number of fused-ring (bicyclic) bond motifs is 5. The molecule has 0 spiro atoms. The first-order chi connectivity index (χ1) is 20.2. The molecule has 42 heavy (non-hydrogen) atoms. The van der Waals surface area contributed by atoms with Crippen molar-refractivity contribution >= 4 is 22.8 Å². The van der Waals surface area contributed by atoms with Crippen LogP contribution in [0.1, 0.15) is 104 Å². The number of rotatable bonds is 7. The van der Waals surface area contributed by atoms with Crippen LogP contribution in [0, 0.1) is 24.6 Å². The van der Waals surface area contributed by atoms with Gasteiger partial charge in [0, 0.05) is 30.0 Å². The zero-order chi connectivity index (χ0) is 29.4. The average Bonchev–Trinajstić information content (AvgIpc) is 3.73. The Hall–Kier alpha value is -3.55. The monoisotopic (exact) mass is 571 g/mol. The Kier molecular flexibility index (Phi) is 6.51. The van der Waals surface area contributed by atoms with E-state index in [-0.39, 0.29) is 41.8 Å². The molecular weight excluding hydrogens is 533 g/mol. The largest absolute Gasteiger partial charge is 0.460 e. The van der Waals surface area contributed by atoms with Crippen LogP contribution in [0.4, 0.5) is 4.39 Å². The molecule has 2 aliphatic carbocycles. The lowest BCUT2D eigenvalue weighted by Crippen LogP contribution is -2.38. The third-order valence-electron chi connectivity index (χ3n) is 10.3. The number of nitrogens with zero attached hydrogens (tertiary/aromatic N) is 3. The Labute approximate surface area is 245 Å². The van der Waals surface area contributed by atoms with Gasteiger partial charge in [0.05, 0.1) is 41.0 Å². The third-order valence-corrected chi connectivity index (χ3v) is 10.3. The van der Waals surface area contributed by atoms with Crippen molar-refractivity contribution < 1.29 is 18.7 Å². The molecule has 0 radical (unpaired) electrons. The zero-order valence-corrected chi connectivity index (χ0v) is 24.9. The third kappa shape index (κ3) is 4.04. The fourth-order valence-corrected chi connectivity index (χ4v) is 7.83. The van der Waals surface area contributed by atoms with Crippen LogP contribution in [0.3, 0.4) is 0 Å². The molecule has 1 saturated carbocycles. The van der Waals surface area contributed by atoms with Gasteiger partial charge in [-0.2, -0.15) is 0 Å². The molecule has 3 aromatic rings. The topological polar surface area (TPSA) is 81.5 Å². The number of aryl methyl sites for hydroxylation is 1. The van der Waals surface area contributed by atoms with E-state index in [2.05, 4.69) is 6.92 Å². The number of carbonyl (C=O) groups is 2. The number of halogens is 1. The van der Waals surface area contributed by atoms with Crippen molar-refractivity contribution in [3.63, 3.8) is 0 Å². The van der Waals surface area contributed by atoms with E-state index in [4.69, 9.17) is 9.72 Å². The summed E-state index contributed by atoms with van der Waals surface area (Å²) < 4.78 is 22.3. The van der Waals surface area contributed by atoms with Gasteiger partial charge in [-0.1, -0.05) is 33.1 Å². The molecule has 0 saturated heterocycles. The Bertz CT molecular complexity index is 1720. The fourth-order valence-electron chi connectivity index (χ4n) is 7.83. The number of hydrogen-bond donors (Lipinski definition) is 0. The minimum Gasteiger partial charge on any atom is -0.460 e. The first-order valence-electron chi connectivity index (χ1n) is 15.6. The van der Waals surface area contributed by atoms with Crippen molar-refractivity contribution in [2.45, 2.75) is 97.2 Å². The molecular formula is C34H38FN3O4. The first kappa shape index (κ1) is 27.3. The lowest BCUT2D eigenvalue weighted by atomic mass is 9.80. The SMILES string of the molecule is CCC[C@H](CC1CC1)C(=O)N(C)C1CCc2c(C)c(F)cc3nc4c(c1c23)Cn1c-4cc2c(c1=O)COC(=O)C2CC. The number of carbonyl (C=O) groups excluding carboxylic acids is 2. The molecule has 7 rings (SSSR count). The molecule has 2 unspecified atom stereocenters. The summed E-state index contributed by atoms with van der Waals surface area (Å²) in [5.41, 5.74) is 6.40. The summed E-state index contributed by atoms with van der Waals surface area (Å²) >= 11 is 0. The molecule has 7 nitrogen and oxygen atoms in total. The van der Waals surface area contributed by atoms with Crippen LogP contribution in [-0.4, -0.2) is 33.4 Å². The molecule has 1 amide bonds. The minimum absolute atomic E-state index is 0.00397. The van der Waals surface area contributed by atoms with Gasteiger partial charge in [0.1, 0.15) is 12.4 Å². The molecule has 220 valence electrons. The smallest absolute Gasteiger partial charge is 0.313 e. The Morgan fingerprint density at radius 1 is 1.17 bits per heavy atom. The molecule has 1 fully saturated rings. The predicted molar refractivity (Wildman–Crippen MR) is 158 cm³/mol. The summed E-state index contributed by atoms with van der Waals surface area (Å²) in [6, 6.07) is 3.23. The molecule has 8 heteroatoms. The highest BCUT2D eigenvalue weighted by Gasteiger charge is 2.40. The molecule has 1 aromatic carbocycles. The van der Waals surface area contributed by atoms with Gasteiger partial charge in [0.2, 0.25) is 5.91 Å². The van der Waals surface area contributed by atoms with Crippen molar-refractivity contribution in [2.24, 2.45) is 11.8 Å². The zero-order valence-electron chi connectivity index (χ0n) is 24.9. The van der Waals surface area contributed by atoms with E-state index in [1.165, 1.54) is 18.9 Å². The highest BCUT2D eigenvalue weighted by molar-refractivity contribution is 5.94. The van der Waals surface area contributed by atoms with Crippen molar-refractivity contribution in [2.75, 3.05) is 7.05 Å². The van der Waals surface area contributed by atoms with Crippen molar-refractivity contribution in [1.29, 1.82) is 0 Å². The van der Waals surface area contributed by atoms with E-state index in [1.54, 1.807) is 4.57 Å². The van der Waals surface area contributed by atoms with Gasteiger partial charge in [-0.05, 0) is 73.3 Å². The first-order valence-corrected chi connectivity index (χ1v) is 15.6.